The normalized spacial score (nSPS) is 10.1. The molecule has 3 nitrogen and oxygen atoms in total. The highest BCUT2D eigenvalue weighted by Gasteiger charge is 1.95. The fraction of sp³-hybridized carbons (Fsp3) is 0.455. The van der Waals surface area contributed by atoms with Crippen molar-refractivity contribution in [2.75, 3.05) is 12.3 Å². The summed E-state index contributed by atoms with van der Waals surface area (Å²) in [5, 5.41) is 3.30. The second-order valence-corrected chi connectivity index (χ2v) is 4.87. The maximum atomic E-state index is 10.6. The number of carbonyl (C=O) groups excluding carboxylic acids is 1. The monoisotopic (exact) mass is 258 g/mol. The first-order chi connectivity index (χ1) is 7.68. The number of aromatic nitrogens is 1. The Hall–Kier alpha value is -0.740. The molecule has 0 bridgehead atoms. The summed E-state index contributed by atoms with van der Waals surface area (Å²) in [6, 6.07) is 3.78. The Balaban J connectivity index is 2.07. The Morgan fingerprint density at radius 2 is 2.38 bits per heavy atom. The van der Waals surface area contributed by atoms with E-state index in [1.807, 2.05) is 17.8 Å². The fourth-order valence-electron chi connectivity index (χ4n) is 1.12. The van der Waals surface area contributed by atoms with Gasteiger partial charge in [0.15, 0.2) is 0 Å². The molecule has 5 heteroatoms. The SMILES string of the molecule is CC(=O)NCCCSCc1ccc(Cl)nc1. The smallest absolute Gasteiger partial charge is 0.216 e. The first-order valence-corrected chi connectivity index (χ1v) is 6.64. The molecular formula is C11H15ClN2OS. The van der Waals surface area contributed by atoms with Crippen LogP contribution in [0.1, 0.15) is 18.9 Å². The van der Waals surface area contributed by atoms with Crippen LogP contribution in [0.15, 0.2) is 18.3 Å². The Morgan fingerprint density at radius 1 is 1.56 bits per heavy atom. The molecule has 1 amide bonds. The van der Waals surface area contributed by atoms with E-state index in [1.54, 1.807) is 12.3 Å². The van der Waals surface area contributed by atoms with Crippen molar-refractivity contribution in [3.63, 3.8) is 0 Å². The van der Waals surface area contributed by atoms with Gasteiger partial charge in [0.1, 0.15) is 5.15 Å². The molecule has 1 heterocycles. The van der Waals surface area contributed by atoms with Crippen LogP contribution in [0.3, 0.4) is 0 Å². The Bertz CT molecular complexity index is 329. The van der Waals surface area contributed by atoms with Crippen LogP contribution in [0, 0.1) is 0 Å². The average molecular weight is 259 g/mol. The van der Waals surface area contributed by atoms with Crippen molar-refractivity contribution in [1.29, 1.82) is 0 Å². The molecule has 1 rings (SSSR count). The predicted octanol–water partition coefficient (Wildman–Crippen LogP) is 2.49. The summed E-state index contributed by atoms with van der Waals surface area (Å²) >= 11 is 7.52. The lowest BCUT2D eigenvalue weighted by molar-refractivity contribution is -0.118. The van der Waals surface area contributed by atoms with Crippen LogP contribution < -0.4 is 5.32 Å². The van der Waals surface area contributed by atoms with E-state index < -0.39 is 0 Å². The van der Waals surface area contributed by atoms with E-state index in [2.05, 4.69) is 10.3 Å². The van der Waals surface area contributed by atoms with Crippen molar-refractivity contribution in [2.24, 2.45) is 0 Å². The van der Waals surface area contributed by atoms with Gasteiger partial charge in [0.05, 0.1) is 0 Å². The highest BCUT2D eigenvalue weighted by Crippen LogP contribution is 2.13. The van der Waals surface area contributed by atoms with Crippen LogP contribution in [0.2, 0.25) is 5.15 Å². The van der Waals surface area contributed by atoms with Gasteiger partial charge in [-0.3, -0.25) is 4.79 Å². The molecule has 0 aromatic carbocycles. The summed E-state index contributed by atoms with van der Waals surface area (Å²) in [6.45, 7) is 2.29. The van der Waals surface area contributed by atoms with E-state index in [0.717, 1.165) is 24.5 Å². The Labute approximate surface area is 105 Å². The quantitative estimate of drug-likeness (QED) is 0.630. The number of nitrogens with zero attached hydrogens (tertiary/aromatic N) is 1. The number of hydrogen-bond donors (Lipinski definition) is 1. The van der Waals surface area contributed by atoms with E-state index in [9.17, 15) is 4.79 Å². The van der Waals surface area contributed by atoms with Crippen molar-refractivity contribution in [1.82, 2.24) is 10.3 Å². The van der Waals surface area contributed by atoms with Crippen molar-refractivity contribution < 1.29 is 4.79 Å². The lowest BCUT2D eigenvalue weighted by Crippen LogP contribution is -2.21. The summed E-state index contributed by atoms with van der Waals surface area (Å²) in [6.07, 6.45) is 2.79. The number of thioether (sulfide) groups is 1. The minimum atomic E-state index is 0.0342. The minimum Gasteiger partial charge on any atom is -0.356 e. The van der Waals surface area contributed by atoms with Crippen molar-refractivity contribution in [3.05, 3.63) is 29.0 Å². The number of hydrogen-bond acceptors (Lipinski definition) is 3. The molecule has 16 heavy (non-hydrogen) atoms. The predicted molar refractivity (Wildman–Crippen MR) is 68.7 cm³/mol. The Kier molecular flexibility index (Phi) is 6.26. The van der Waals surface area contributed by atoms with Gasteiger partial charge in [-0.25, -0.2) is 4.98 Å². The maximum absolute atomic E-state index is 10.6. The van der Waals surface area contributed by atoms with E-state index in [1.165, 1.54) is 12.5 Å². The van der Waals surface area contributed by atoms with Crippen LogP contribution in [-0.2, 0) is 10.5 Å². The first-order valence-electron chi connectivity index (χ1n) is 5.11. The van der Waals surface area contributed by atoms with Gasteiger partial charge >= 0.3 is 0 Å². The molecule has 0 aliphatic rings. The molecule has 0 spiro atoms. The molecule has 0 atom stereocenters. The number of amides is 1. The first kappa shape index (κ1) is 13.3. The summed E-state index contributed by atoms with van der Waals surface area (Å²) in [5.41, 5.74) is 1.17. The molecule has 88 valence electrons. The summed E-state index contributed by atoms with van der Waals surface area (Å²) < 4.78 is 0. The fourth-order valence-corrected chi connectivity index (χ4v) is 2.13. The molecular weight excluding hydrogens is 244 g/mol. The van der Waals surface area contributed by atoms with Crippen molar-refractivity contribution in [3.8, 4) is 0 Å². The van der Waals surface area contributed by atoms with Gasteiger partial charge in [0.2, 0.25) is 5.91 Å². The van der Waals surface area contributed by atoms with Gasteiger partial charge in [-0.1, -0.05) is 17.7 Å². The third-order valence-corrected chi connectivity index (χ3v) is 3.24. The van der Waals surface area contributed by atoms with Gasteiger partial charge in [-0.2, -0.15) is 11.8 Å². The van der Waals surface area contributed by atoms with Gasteiger partial charge < -0.3 is 5.32 Å². The van der Waals surface area contributed by atoms with E-state index in [0.29, 0.717) is 5.15 Å². The van der Waals surface area contributed by atoms with Crippen molar-refractivity contribution >= 4 is 29.3 Å². The topological polar surface area (TPSA) is 42.0 Å². The highest BCUT2D eigenvalue weighted by molar-refractivity contribution is 7.98. The van der Waals surface area contributed by atoms with E-state index >= 15 is 0 Å². The number of carbonyl (C=O) groups is 1. The minimum absolute atomic E-state index is 0.0342. The lowest BCUT2D eigenvalue weighted by Gasteiger charge is -2.02. The molecule has 1 N–H and O–H groups in total. The average Bonchev–Trinajstić information content (AvgIpc) is 2.25. The zero-order chi connectivity index (χ0) is 11.8. The van der Waals surface area contributed by atoms with Crippen molar-refractivity contribution in [2.45, 2.75) is 19.1 Å². The summed E-state index contributed by atoms with van der Waals surface area (Å²) in [7, 11) is 0. The zero-order valence-corrected chi connectivity index (χ0v) is 10.8. The van der Waals surface area contributed by atoms with Crippen LogP contribution >= 0.6 is 23.4 Å². The van der Waals surface area contributed by atoms with Gasteiger partial charge in [-0.15, -0.1) is 0 Å². The third-order valence-electron chi connectivity index (χ3n) is 1.90. The highest BCUT2D eigenvalue weighted by atomic mass is 35.5. The molecule has 0 unspecified atom stereocenters. The molecule has 0 saturated carbocycles. The molecule has 0 radical (unpaired) electrons. The second-order valence-electron chi connectivity index (χ2n) is 3.38. The number of pyridine rings is 1. The van der Waals surface area contributed by atoms with Crippen LogP contribution in [0.4, 0.5) is 0 Å². The Morgan fingerprint density at radius 3 is 3.00 bits per heavy atom. The maximum Gasteiger partial charge on any atom is 0.216 e. The lowest BCUT2D eigenvalue weighted by atomic mass is 10.3. The standard InChI is InChI=1S/C11H15ClN2OS/c1-9(15)13-5-2-6-16-8-10-3-4-11(12)14-7-10/h3-4,7H,2,5-6,8H2,1H3,(H,13,15). The summed E-state index contributed by atoms with van der Waals surface area (Å²) in [4.78, 5) is 14.6. The number of halogens is 1. The molecule has 1 aromatic rings. The summed E-state index contributed by atoms with van der Waals surface area (Å²) in [5.74, 6) is 2.00. The zero-order valence-electron chi connectivity index (χ0n) is 9.20. The number of nitrogens with one attached hydrogen (secondary N) is 1. The van der Waals surface area contributed by atoms with Gasteiger partial charge in [-0.05, 0) is 23.8 Å². The molecule has 0 aliphatic carbocycles. The van der Waals surface area contributed by atoms with E-state index in [-0.39, 0.29) is 5.91 Å². The van der Waals surface area contributed by atoms with Crippen LogP contribution in [0.5, 0.6) is 0 Å². The molecule has 1 aromatic heterocycles. The largest absolute Gasteiger partial charge is 0.356 e. The third kappa shape index (κ3) is 5.98. The second kappa shape index (κ2) is 7.52. The van der Waals surface area contributed by atoms with Gasteiger partial charge in [0, 0.05) is 25.4 Å². The van der Waals surface area contributed by atoms with E-state index in [4.69, 9.17) is 11.6 Å². The van der Waals surface area contributed by atoms with Crippen LogP contribution in [0.25, 0.3) is 0 Å². The van der Waals surface area contributed by atoms with Gasteiger partial charge in [0.25, 0.3) is 0 Å². The molecule has 0 aliphatic heterocycles. The molecule has 0 saturated heterocycles. The number of rotatable bonds is 6. The molecule has 0 fully saturated rings. The van der Waals surface area contributed by atoms with Crippen LogP contribution in [-0.4, -0.2) is 23.2 Å².